The van der Waals surface area contributed by atoms with Gasteiger partial charge < -0.3 is 4.74 Å². The highest BCUT2D eigenvalue weighted by molar-refractivity contribution is 7.91. The van der Waals surface area contributed by atoms with Gasteiger partial charge in [0.15, 0.2) is 9.84 Å². The van der Waals surface area contributed by atoms with Crippen molar-refractivity contribution in [1.82, 2.24) is 0 Å². The van der Waals surface area contributed by atoms with Gasteiger partial charge >= 0.3 is 0 Å². The van der Waals surface area contributed by atoms with Gasteiger partial charge in [-0.25, -0.2) is 8.42 Å². The van der Waals surface area contributed by atoms with Gasteiger partial charge in [0.1, 0.15) is 0 Å². The molecule has 2 atom stereocenters. The van der Waals surface area contributed by atoms with E-state index >= 15 is 0 Å². The van der Waals surface area contributed by atoms with Gasteiger partial charge in [-0.05, 0) is 25.3 Å². The highest BCUT2D eigenvalue weighted by Crippen LogP contribution is 2.46. The van der Waals surface area contributed by atoms with Crippen molar-refractivity contribution in [2.75, 3.05) is 12.4 Å². The standard InChI is InChI=1S/C13H15ClO3S/c14-10-5-7-17-13(9-10)6-8-18(15,16)12-4-2-1-3-11(12)13/h1-4,10H,5-9H2. The zero-order valence-electron chi connectivity index (χ0n) is 9.93. The number of benzene rings is 1. The summed E-state index contributed by atoms with van der Waals surface area (Å²) in [5.74, 6) is 0.146. The van der Waals surface area contributed by atoms with Gasteiger partial charge in [0.25, 0.3) is 0 Å². The van der Waals surface area contributed by atoms with Gasteiger partial charge in [-0.15, -0.1) is 11.6 Å². The monoisotopic (exact) mass is 286 g/mol. The van der Waals surface area contributed by atoms with Crippen LogP contribution < -0.4 is 0 Å². The molecule has 3 rings (SSSR count). The lowest BCUT2D eigenvalue weighted by Gasteiger charge is -2.43. The van der Waals surface area contributed by atoms with Gasteiger partial charge in [-0.3, -0.25) is 0 Å². The fraction of sp³-hybridized carbons (Fsp3) is 0.538. The first-order valence-corrected chi connectivity index (χ1v) is 8.23. The number of ether oxygens (including phenoxy) is 1. The third-order valence-corrected chi connectivity index (χ3v) is 5.99. The number of halogens is 1. The van der Waals surface area contributed by atoms with E-state index in [-0.39, 0.29) is 11.1 Å². The molecule has 18 heavy (non-hydrogen) atoms. The Hall–Kier alpha value is -0.580. The summed E-state index contributed by atoms with van der Waals surface area (Å²) in [5.41, 5.74) is 0.300. The van der Waals surface area contributed by atoms with Crippen LogP contribution in [0.4, 0.5) is 0 Å². The Labute approximate surface area is 112 Å². The molecule has 1 fully saturated rings. The maximum Gasteiger partial charge on any atom is 0.178 e. The van der Waals surface area contributed by atoms with E-state index < -0.39 is 15.4 Å². The Morgan fingerprint density at radius 2 is 2.11 bits per heavy atom. The van der Waals surface area contributed by atoms with Crippen LogP contribution in [0.2, 0.25) is 0 Å². The van der Waals surface area contributed by atoms with E-state index in [0.29, 0.717) is 24.3 Å². The Morgan fingerprint density at radius 3 is 2.89 bits per heavy atom. The first-order chi connectivity index (χ1) is 8.54. The molecular formula is C13H15ClO3S. The second-order valence-corrected chi connectivity index (χ2v) is 7.69. The van der Waals surface area contributed by atoms with Crippen molar-refractivity contribution >= 4 is 21.4 Å². The molecule has 0 bridgehead atoms. The van der Waals surface area contributed by atoms with Crippen molar-refractivity contribution in [3.63, 3.8) is 0 Å². The molecule has 5 heteroatoms. The Morgan fingerprint density at radius 1 is 1.33 bits per heavy atom. The lowest BCUT2D eigenvalue weighted by molar-refractivity contribution is -0.0874. The maximum absolute atomic E-state index is 12.1. The fourth-order valence-electron chi connectivity index (χ4n) is 2.92. The van der Waals surface area contributed by atoms with Crippen LogP contribution in [0, 0.1) is 0 Å². The lowest BCUT2D eigenvalue weighted by Crippen LogP contribution is -2.43. The van der Waals surface area contributed by atoms with Crippen LogP contribution >= 0.6 is 11.6 Å². The van der Waals surface area contributed by atoms with Gasteiger partial charge in [0, 0.05) is 17.5 Å². The molecular weight excluding hydrogens is 272 g/mol. The van der Waals surface area contributed by atoms with Crippen molar-refractivity contribution < 1.29 is 13.2 Å². The van der Waals surface area contributed by atoms with Crippen molar-refractivity contribution in [2.45, 2.75) is 35.1 Å². The summed E-state index contributed by atoms with van der Waals surface area (Å²) in [6, 6.07) is 7.16. The summed E-state index contributed by atoms with van der Waals surface area (Å²) in [6.07, 6.45) is 2.04. The molecule has 1 saturated heterocycles. The molecule has 2 unspecified atom stereocenters. The van der Waals surface area contributed by atoms with Crippen LogP contribution in [-0.4, -0.2) is 26.2 Å². The van der Waals surface area contributed by atoms with Crippen molar-refractivity contribution in [2.24, 2.45) is 0 Å². The molecule has 1 aromatic carbocycles. The molecule has 0 aromatic heterocycles. The smallest absolute Gasteiger partial charge is 0.178 e. The Bertz CT molecular complexity index is 569. The second kappa shape index (κ2) is 4.22. The normalized spacial score (nSPS) is 34.2. The SMILES string of the molecule is O=S1(=O)CCC2(CC(Cl)CCO2)c2ccccc21. The third-order valence-electron chi connectivity index (χ3n) is 3.85. The van der Waals surface area contributed by atoms with Crippen LogP contribution in [0.5, 0.6) is 0 Å². The van der Waals surface area contributed by atoms with Crippen molar-refractivity contribution in [3.8, 4) is 0 Å². The van der Waals surface area contributed by atoms with Gasteiger partial charge in [-0.2, -0.15) is 0 Å². The minimum absolute atomic E-state index is 0.0626. The Balaban J connectivity index is 2.15. The number of alkyl halides is 1. The van der Waals surface area contributed by atoms with E-state index in [1.165, 1.54) is 0 Å². The minimum Gasteiger partial charge on any atom is -0.370 e. The van der Waals surface area contributed by atoms with Gasteiger partial charge in [0.05, 0.1) is 16.2 Å². The summed E-state index contributed by atoms with van der Waals surface area (Å²) in [6.45, 7) is 0.600. The van der Waals surface area contributed by atoms with Crippen LogP contribution in [-0.2, 0) is 20.2 Å². The van der Waals surface area contributed by atoms with Crippen LogP contribution in [0.15, 0.2) is 29.2 Å². The van der Waals surface area contributed by atoms with E-state index in [4.69, 9.17) is 16.3 Å². The van der Waals surface area contributed by atoms with E-state index in [1.54, 1.807) is 12.1 Å². The average molecular weight is 287 g/mol. The summed E-state index contributed by atoms with van der Waals surface area (Å²) in [4.78, 5) is 0.419. The first-order valence-electron chi connectivity index (χ1n) is 6.14. The molecule has 0 aliphatic carbocycles. The predicted octanol–water partition coefficient (Wildman–Crippen LogP) is 2.48. The molecule has 1 spiro atoms. The fourth-order valence-corrected chi connectivity index (χ4v) is 4.95. The average Bonchev–Trinajstić information content (AvgIpc) is 2.36. The molecule has 2 heterocycles. The van der Waals surface area contributed by atoms with Crippen LogP contribution in [0.25, 0.3) is 0 Å². The summed E-state index contributed by atoms with van der Waals surface area (Å²) in [7, 11) is -3.16. The molecule has 3 nitrogen and oxygen atoms in total. The highest BCUT2D eigenvalue weighted by Gasteiger charge is 2.45. The molecule has 2 aliphatic rings. The van der Waals surface area contributed by atoms with Crippen molar-refractivity contribution in [1.29, 1.82) is 0 Å². The van der Waals surface area contributed by atoms with Gasteiger partial charge in [0.2, 0.25) is 0 Å². The van der Waals surface area contributed by atoms with E-state index in [0.717, 1.165) is 12.0 Å². The van der Waals surface area contributed by atoms with Crippen LogP contribution in [0.3, 0.4) is 0 Å². The maximum atomic E-state index is 12.1. The molecule has 98 valence electrons. The van der Waals surface area contributed by atoms with E-state index in [1.807, 2.05) is 12.1 Å². The van der Waals surface area contributed by atoms with Gasteiger partial charge in [-0.1, -0.05) is 18.2 Å². The number of fused-ring (bicyclic) bond motifs is 2. The third kappa shape index (κ3) is 1.87. The Kier molecular flexibility index (Phi) is 2.92. The zero-order valence-corrected chi connectivity index (χ0v) is 11.5. The molecule has 0 amide bonds. The summed E-state index contributed by atoms with van der Waals surface area (Å²) >= 11 is 6.25. The molecule has 2 aliphatic heterocycles. The summed E-state index contributed by atoms with van der Waals surface area (Å²) in [5, 5.41) is 0.0626. The number of hydrogen-bond donors (Lipinski definition) is 0. The van der Waals surface area contributed by atoms with E-state index in [2.05, 4.69) is 0 Å². The molecule has 0 N–H and O–H groups in total. The largest absolute Gasteiger partial charge is 0.370 e. The molecule has 0 saturated carbocycles. The second-order valence-electron chi connectivity index (χ2n) is 5.00. The highest BCUT2D eigenvalue weighted by atomic mass is 35.5. The van der Waals surface area contributed by atoms with E-state index in [9.17, 15) is 8.42 Å². The topological polar surface area (TPSA) is 43.4 Å². The lowest BCUT2D eigenvalue weighted by atomic mass is 9.83. The number of rotatable bonds is 0. The molecule has 1 aromatic rings. The predicted molar refractivity (Wildman–Crippen MR) is 69.6 cm³/mol. The number of sulfone groups is 1. The number of hydrogen-bond acceptors (Lipinski definition) is 3. The summed E-state index contributed by atoms with van der Waals surface area (Å²) < 4.78 is 30.1. The van der Waals surface area contributed by atoms with Crippen LogP contribution in [0.1, 0.15) is 24.8 Å². The van der Waals surface area contributed by atoms with Crippen molar-refractivity contribution in [3.05, 3.63) is 29.8 Å². The molecule has 0 radical (unpaired) electrons. The first kappa shape index (κ1) is 12.5. The minimum atomic E-state index is -3.16. The quantitative estimate of drug-likeness (QED) is 0.688. The zero-order chi connectivity index (χ0) is 12.8.